The third-order valence-electron chi connectivity index (χ3n) is 3.51. The largest absolute Gasteiger partial charge is 0.489 e. The Morgan fingerprint density at radius 3 is 2.00 bits per heavy atom. The van der Waals surface area contributed by atoms with Gasteiger partial charge >= 0.3 is 11.9 Å². The Labute approximate surface area is 165 Å². The van der Waals surface area contributed by atoms with Crippen LogP contribution in [0.1, 0.15) is 11.1 Å². The highest BCUT2D eigenvalue weighted by atomic mass is 16.5. The van der Waals surface area contributed by atoms with Crippen LogP contribution in [0.25, 0.3) is 0 Å². The number of aliphatic carboxylic acids is 2. The summed E-state index contributed by atoms with van der Waals surface area (Å²) in [6.45, 7) is 10.8. The monoisotopic (exact) mass is 383 g/mol. The lowest BCUT2D eigenvalue weighted by molar-refractivity contribution is -0.159. The van der Waals surface area contributed by atoms with Crippen LogP contribution in [0.2, 0.25) is 0 Å². The summed E-state index contributed by atoms with van der Waals surface area (Å²) in [6, 6.07) is 18.5. The Hall–Kier alpha value is -3.38. The first-order valence-corrected chi connectivity index (χ1v) is 8.62. The molecule has 0 unspecified atom stereocenters. The number of ether oxygens (including phenoxy) is 1. The molecule has 28 heavy (non-hydrogen) atoms. The van der Waals surface area contributed by atoms with E-state index in [1.54, 1.807) is 0 Å². The van der Waals surface area contributed by atoms with Gasteiger partial charge in [0.2, 0.25) is 0 Å². The van der Waals surface area contributed by atoms with E-state index < -0.39 is 11.9 Å². The van der Waals surface area contributed by atoms with Gasteiger partial charge in [-0.15, -0.1) is 13.2 Å². The molecule has 2 aromatic rings. The highest BCUT2D eigenvalue weighted by Gasteiger charge is 2.04. The smallest absolute Gasteiger partial charge is 0.414 e. The minimum absolute atomic E-state index is 0.591. The standard InChI is InChI=1S/C20H23NO.C2H2O4/c1-3-13-21(14-4-2)16-19-11-8-12-20(15-19)22-17-18-9-6-5-7-10-18;3-1(4)2(5)6/h3-12,15H,1-2,13-14,16-17H2;(H,3,4)(H,5,6). The molecule has 0 aliphatic rings. The molecule has 0 aliphatic heterocycles. The molecule has 0 aliphatic carbocycles. The van der Waals surface area contributed by atoms with E-state index in [4.69, 9.17) is 24.5 Å². The summed E-state index contributed by atoms with van der Waals surface area (Å²) >= 11 is 0. The topological polar surface area (TPSA) is 87.1 Å². The van der Waals surface area contributed by atoms with Crippen molar-refractivity contribution in [1.82, 2.24) is 4.90 Å². The van der Waals surface area contributed by atoms with Crippen molar-refractivity contribution in [3.8, 4) is 5.75 Å². The highest BCUT2D eigenvalue weighted by molar-refractivity contribution is 6.27. The molecule has 0 saturated carbocycles. The fraction of sp³-hybridized carbons (Fsp3) is 0.182. The van der Waals surface area contributed by atoms with Gasteiger partial charge in [0.05, 0.1) is 0 Å². The van der Waals surface area contributed by atoms with Crippen molar-refractivity contribution in [3.05, 3.63) is 91.0 Å². The number of carboxylic acids is 2. The Kier molecular flexibility index (Phi) is 10.4. The summed E-state index contributed by atoms with van der Waals surface area (Å²) < 4.78 is 5.88. The average molecular weight is 383 g/mol. The van der Waals surface area contributed by atoms with Crippen LogP contribution in [0.5, 0.6) is 5.75 Å². The van der Waals surface area contributed by atoms with Crippen LogP contribution in [0.4, 0.5) is 0 Å². The molecule has 0 fully saturated rings. The summed E-state index contributed by atoms with van der Waals surface area (Å²) in [5.74, 6) is -2.75. The fourth-order valence-electron chi connectivity index (χ4n) is 2.30. The molecular weight excluding hydrogens is 358 g/mol. The molecule has 148 valence electrons. The van der Waals surface area contributed by atoms with Crippen molar-refractivity contribution < 1.29 is 24.5 Å². The maximum Gasteiger partial charge on any atom is 0.414 e. The van der Waals surface area contributed by atoms with Crippen molar-refractivity contribution in [2.75, 3.05) is 13.1 Å². The second-order valence-corrected chi connectivity index (χ2v) is 5.80. The molecule has 0 bridgehead atoms. The Balaban J connectivity index is 0.000000568. The predicted octanol–water partition coefficient (Wildman–Crippen LogP) is 3.60. The molecule has 0 spiro atoms. The van der Waals surface area contributed by atoms with Crippen LogP contribution < -0.4 is 4.74 Å². The summed E-state index contributed by atoms with van der Waals surface area (Å²) in [6.07, 6.45) is 3.83. The lowest BCUT2D eigenvalue weighted by Gasteiger charge is -2.19. The number of carbonyl (C=O) groups is 2. The zero-order chi connectivity index (χ0) is 20.8. The minimum atomic E-state index is -1.82. The second kappa shape index (κ2) is 12.9. The van der Waals surface area contributed by atoms with Crippen LogP contribution in [0, 0.1) is 0 Å². The molecule has 2 N–H and O–H groups in total. The number of carboxylic acid groups (broad SMARTS) is 2. The van der Waals surface area contributed by atoms with Crippen molar-refractivity contribution in [2.45, 2.75) is 13.2 Å². The fourth-order valence-corrected chi connectivity index (χ4v) is 2.30. The molecule has 0 radical (unpaired) electrons. The molecule has 2 rings (SSSR count). The Morgan fingerprint density at radius 2 is 1.46 bits per heavy atom. The van der Waals surface area contributed by atoms with Crippen LogP contribution in [0.3, 0.4) is 0 Å². The highest BCUT2D eigenvalue weighted by Crippen LogP contribution is 2.16. The quantitative estimate of drug-likeness (QED) is 0.508. The third-order valence-corrected chi connectivity index (χ3v) is 3.51. The van der Waals surface area contributed by atoms with E-state index in [9.17, 15) is 0 Å². The van der Waals surface area contributed by atoms with Gasteiger partial charge < -0.3 is 14.9 Å². The molecule has 0 atom stereocenters. The van der Waals surface area contributed by atoms with E-state index in [1.807, 2.05) is 42.5 Å². The van der Waals surface area contributed by atoms with Gasteiger partial charge in [0, 0.05) is 19.6 Å². The number of hydrogen-bond acceptors (Lipinski definition) is 4. The number of nitrogens with zero attached hydrogens (tertiary/aromatic N) is 1. The molecule has 0 heterocycles. The van der Waals surface area contributed by atoms with Gasteiger partial charge in [0.15, 0.2) is 0 Å². The SMILES string of the molecule is C=CCN(CC=C)Cc1cccc(OCc2ccccc2)c1.O=C(O)C(=O)O. The predicted molar refractivity (Wildman–Crippen MR) is 108 cm³/mol. The van der Waals surface area contributed by atoms with E-state index in [0.29, 0.717) is 6.61 Å². The van der Waals surface area contributed by atoms with Gasteiger partial charge in [-0.25, -0.2) is 9.59 Å². The first-order chi connectivity index (χ1) is 13.5. The molecule has 0 saturated heterocycles. The van der Waals surface area contributed by atoms with E-state index in [0.717, 1.165) is 25.4 Å². The zero-order valence-corrected chi connectivity index (χ0v) is 15.7. The lowest BCUT2D eigenvalue weighted by Crippen LogP contribution is -2.23. The summed E-state index contributed by atoms with van der Waals surface area (Å²) in [7, 11) is 0. The van der Waals surface area contributed by atoms with Crippen molar-refractivity contribution >= 4 is 11.9 Å². The third kappa shape index (κ3) is 9.35. The van der Waals surface area contributed by atoms with Crippen molar-refractivity contribution in [1.29, 1.82) is 0 Å². The van der Waals surface area contributed by atoms with Gasteiger partial charge in [-0.1, -0.05) is 54.6 Å². The second-order valence-electron chi connectivity index (χ2n) is 5.80. The average Bonchev–Trinajstić information content (AvgIpc) is 2.68. The first kappa shape index (κ1) is 22.7. The van der Waals surface area contributed by atoms with E-state index >= 15 is 0 Å². The van der Waals surface area contributed by atoms with Gasteiger partial charge in [-0.2, -0.15) is 0 Å². The molecule has 0 amide bonds. The van der Waals surface area contributed by atoms with Gasteiger partial charge in [-0.05, 0) is 23.3 Å². The normalized spacial score (nSPS) is 9.75. The van der Waals surface area contributed by atoms with Crippen LogP contribution in [0.15, 0.2) is 79.9 Å². The summed E-state index contributed by atoms with van der Waals surface area (Å²) in [5.41, 5.74) is 2.40. The Bertz CT molecular complexity index is 752. The van der Waals surface area contributed by atoms with E-state index in [1.165, 1.54) is 11.1 Å². The molecule has 2 aromatic carbocycles. The molecule has 6 heteroatoms. The van der Waals surface area contributed by atoms with Crippen LogP contribution in [-0.2, 0) is 22.7 Å². The van der Waals surface area contributed by atoms with E-state index in [2.05, 4.69) is 42.3 Å². The van der Waals surface area contributed by atoms with Gasteiger partial charge in [0.1, 0.15) is 12.4 Å². The molecular formula is C22H25NO5. The minimum Gasteiger partial charge on any atom is -0.489 e. The zero-order valence-electron chi connectivity index (χ0n) is 15.7. The van der Waals surface area contributed by atoms with Gasteiger partial charge in [-0.3, -0.25) is 4.90 Å². The lowest BCUT2D eigenvalue weighted by atomic mass is 10.2. The van der Waals surface area contributed by atoms with Gasteiger partial charge in [0.25, 0.3) is 0 Å². The summed E-state index contributed by atoms with van der Waals surface area (Å²) in [5, 5.41) is 14.8. The van der Waals surface area contributed by atoms with Crippen LogP contribution >= 0.6 is 0 Å². The number of benzene rings is 2. The first-order valence-electron chi connectivity index (χ1n) is 8.62. The Morgan fingerprint density at radius 1 is 0.893 bits per heavy atom. The molecule has 6 nitrogen and oxygen atoms in total. The maximum absolute atomic E-state index is 9.10. The summed E-state index contributed by atoms with van der Waals surface area (Å²) in [4.78, 5) is 20.5. The van der Waals surface area contributed by atoms with Crippen molar-refractivity contribution in [2.24, 2.45) is 0 Å². The van der Waals surface area contributed by atoms with Crippen molar-refractivity contribution in [3.63, 3.8) is 0 Å². The maximum atomic E-state index is 9.10. The molecule has 0 aromatic heterocycles. The van der Waals surface area contributed by atoms with Crippen LogP contribution in [-0.4, -0.2) is 40.1 Å². The van der Waals surface area contributed by atoms with E-state index in [-0.39, 0.29) is 0 Å². The number of rotatable bonds is 9. The number of hydrogen-bond donors (Lipinski definition) is 2.